The van der Waals surface area contributed by atoms with Crippen molar-refractivity contribution in [3.63, 3.8) is 0 Å². The molecule has 0 radical (unpaired) electrons. The van der Waals surface area contributed by atoms with Gasteiger partial charge in [-0.15, -0.1) is 11.3 Å². The van der Waals surface area contributed by atoms with Crippen molar-refractivity contribution >= 4 is 34.2 Å². The van der Waals surface area contributed by atoms with E-state index in [1.165, 1.54) is 33.3 Å². The second-order valence-electron chi connectivity index (χ2n) is 6.10. The van der Waals surface area contributed by atoms with Crippen molar-refractivity contribution in [2.45, 2.75) is 25.9 Å². The van der Waals surface area contributed by atoms with Crippen LogP contribution in [0.3, 0.4) is 0 Å². The Morgan fingerprint density at radius 2 is 2.00 bits per heavy atom. The van der Waals surface area contributed by atoms with Crippen LogP contribution in [0.5, 0.6) is 0 Å². The van der Waals surface area contributed by atoms with Gasteiger partial charge in [-0.2, -0.15) is 0 Å². The van der Waals surface area contributed by atoms with Crippen molar-refractivity contribution in [3.8, 4) is 0 Å². The molecule has 9 heteroatoms. The van der Waals surface area contributed by atoms with Gasteiger partial charge in [0.05, 0.1) is 0 Å². The van der Waals surface area contributed by atoms with Gasteiger partial charge in [0.2, 0.25) is 5.91 Å². The molecular formula is C18H19FN4O3S. The minimum Gasteiger partial charge on any atom is -0.328 e. The Hall–Kier alpha value is -2.81. The van der Waals surface area contributed by atoms with E-state index in [0.29, 0.717) is 18.1 Å². The van der Waals surface area contributed by atoms with Crippen LogP contribution in [-0.2, 0) is 20.9 Å². The number of aromatic nitrogens is 1. The molecule has 0 bridgehead atoms. The molecular weight excluding hydrogens is 371 g/mol. The van der Waals surface area contributed by atoms with Crippen LogP contribution in [0.15, 0.2) is 35.8 Å². The molecule has 0 saturated carbocycles. The Kier molecular flexibility index (Phi) is 5.80. The predicted octanol–water partition coefficient (Wildman–Crippen LogP) is 1.87. The van der Waals surface area contributed by atoms with E-state index in [1.54, 1.807) is 30.6 Å². The van der Waals surface area contributed by atoms with E-state index in [1.807, 2.05) is 0 Å². The zero-order chi connectivity index (χ0) is 19.4. The molecule has 1 aromatic heterocycles. The number of nitrogens with one attached hydrogen (secondary N) is 1. The van der Waals surface area contributed by atoms with Gasteiger partial charge >= 0.3 is 11.8 Å². The number of hydrogen-bond donors (Lipinski definition) is 1. The summed E-state index contributed by atoms with van der Waals surface area (Å²) in [6.07, 6.45) is 1.96. The number of halogens is 1. The molecule has 27 heavy (non-hydrogen) atoms. The van der Waals surface area contributed by atoms with E-state index in [9.17, 15) is 18.8 Å². The molecule has 1 aromatic carbocycles. The van der Waals surface area contributed by atoms with E-state index in [0.717, 1.165) is 5.56 Å². The summed E-state index contributed by atoms with van der Waals surface area (Å²) in [6, 6.07) is 5.05. The molecule has 142 valence electrons. The van der Waals surface area contributed by atoms with Gasteiger partial charge in [0.1, 0.15) is 11.9 Å². The van der Waals surface area contributed by atoms with Crippen LogP contribution in [0.1, 0.15) is 18.9 Å². The fraction of sp³-hybridized carbons (Fsp3) is 0.333. The van der Waals surface area contributed by atoms with Gasteiger partial charge in [0.15, 0.2) is 5.13 Å². The zero-order valence-electron chi connectivity index (χ0n) is 14.7. The lowest BCUT2D eigenvalue weighted by molar-refractivity contribution is -0.159. The summed E-state index contributed by atoms with van der Waals surface area (Å²) in [6.45, 7) is 2.58. The highest BCUT2D eigenvalue weighted by Gasteiger charge is 2.38. The number of rotatable bonds is 6. The smallest absolute Gasteiger partial charge is 0.312 e. The molecule has 1 saturated heterocycles. The Morgan fingerprint density at radius 3 is 2.63 bits per heavy atom. The maximum absolute atomic E-state index is 13.0. The number of carbonyl (C=O) groups excluding carboxylic acids is 3. The van der Waals surface area contributed by atoms with Crippen LogP contribution in [0.4, 0.5) is 9.52 Å². The molecule has 1 aliphatic heterocycles. The van der Waals surface area contributed by atoms with Gasteiger partial charge in [-0.1, -0.05) is 19.1 Å². The number of hydrogen-bond acceptors (Lipinski definition) is 5. The maximum Gasteiger partial charge on any atom is 0.312 e. The Bertz CT molecular complexity index is 826. The number of piperazine rings is 1. The quantitative estimate of drug-likeness (QED) is 0.764. The third kappa shape index (κ3) is 4.30. The van der Waals surface area contributed by atoms with Crippen LogP contribution in [0.2, 0.25) is 0 Å². The largest absolute Gasteiger partial charge is 0.328 e. The van der Waals surface area contributed by atoms with Gasteiger partial charge in [0, 0.05) is 31.2 Å². The van der Waals surface area contributed by atoms with Crippen molar-refractivity contribution < 1.29 is 18.8 Å². The number of nitrogens with zero attached hydrogens (tertiary/aromatic N) is 3. The van der Waals surface area contributed by atoms with Gasteiger partial charge in [-0.25, -0.2) is 9.37 Å². The zero-order valence-corrected chi connectivity index (χ0v) is 15.5. The van der Waals surface area contributed by atoms with Crippen molar-refractivity contribution in [1.29, 1.82) is 0 Å². The molecule has 7 nitrogen and oxygen atoms in total. The lowest BCUT2D eigenvalue weighted by atomic mass is 10.1. The lowest BCUT2D eigenvalue weighted by Gasteiger charge is -2.37. The Morgan fingerprint density at radius 1 is 1.26 bits per heavy atom. The summed E-state index contributed by atoms with van der Waals surface area (Å²) in [5.74, 6) is -2.08. The minimum atomic E-state index is -0.738. The molecule has 0 aliphatic carbocycles. The molecule has 1 unspecified atom stereocenters. The van der Waals surface area contributed by atoms with Gasteiger partial charge in [0.25, 0.3) is 0 Å². The van der Waals surface area contributed by atoms with Crippen LogP contribution in [-0.4, -0.2) is 51.6 Å². The monoisotopic (exact) mass is 390 g/mol. The highest BCUT2D eigenvalue weighted by atomic mass is 32.1. The standard InChI is InChI=1S/C18H19FN4O3S/c1-2-14(15(24)21-18-20-7-10-27-18)23-9-8-22(16(25)17(23)26)11-12-3-5-13(19)6-4-12/h3-7,10,14H,2,8-9,11H2,1H3,(H,20,21,24). The number of benzene rings is 1. The predicted molar refractivity (Wildman–Crippen MR) is 98.4 cm³/mol. The Balaban J connectivity index is 1.66. The first kappa shape index (κ1) is 19.0. The molecule has 3 rings (SSSR count). The molecule has 1 aliphatic rings. The van der Waals surface area contributed by atoms with E-state index in [2.05, 4.69) is 10.3 Å². The Labute approximate surface area is 159 Å². The van der Waals surface area contributed by atoms with Crippen LogP contribution < -0.4 is 5.32 Å². The minimum absolute atomic E-state index is 0.223. The van der Waals surface area contributed by atoms with Gasteiger partial charge in [-0.3, -0.25) is 14.4 Å². The average molecular weight is 390 g/mol. The number of amides is 3. The summed E-state index contributed by atoms with van der Waals surface area (Å²) in [4.78, 5) is 44.3. The third-order valence-corrected chi connectivity index (χ3v) is 5.05. The fourth-order valence-electron chi connectivity index (χ4n) is 2.97. The molecule has 2 aromatic rings. The molecule has 2 heterocycles. The van der Waals surface area contributed by atoms with E-state index >= 15 is 0 Å². The number of thiazole rings is 1. The highest BCUT2D eigenvalue weighted by Crippen LogP contribution is 2.17. The molecule has 0 spiro atoms. The van der Waals surface area contributed by atoms with Crippen molar-refractivity contribution in [2.75, 3.05) is 18.4 Å². The first-order valence-electron chi connectivity index (χ1n) is 8.54. The first-order chi connectivity index (χ1) is 13.0. The summed E-state index contributed by atoms with van der Waals surface area (Å²) < 4.78 is 13.0. The second kappa shape index (κ2) is 8.26. The van der Waals surface area contributed by atoms with Crippen LogP contribution in [0.25, 0.3) is 0 Å². The van der Waals surface area contributed by atoms with Crippen molar-refractivity contribution in [2.24, 2.45) is 0 Å². The van der Waals surface area contributed by atoms with Gasteiger partial charge < -0.3 is 15.1 Å². The van der Waals surface area contributed by atoms with Crippen LogP contribution >= 0.6 is 11.3 Å². The van der Waals surface area contributed by atoms with Crippen LogP contribution in [0, 0.1) is 5.82 Å². The maximum atomic E-state index is 13.0. The van der Waals surface area contributed by atoms with Gasteiger partial charge in [-0.05, 0) is 24.1 Å². The molecule has 1 fully saturated rings. The topological polar surface area (TPSA) is 82.6 Å². The second-order valence-corrected chi connectivity index (χ2v) is 7.00. The van der Waals surface area contributed by atoms with E-state index in [-0.39, 0.29) is 24.8 Å². The lowest BCUT2D eigenvalue weighted by Crippen LogP contribution is -2.59. The molecule has 1 N–H and O–H groups in total. The molecule has 3 amide bonds. The first-order valence-corrected chi connectivity index (χ1v) is 9.42. The third-order valence-electron chi connectivity index (χ3n) is 4.36. The summed E-state index contributed by atoms with van der Waals surface area (Å²) >= 11 is 1.28. The normalized spacial score (nSPS) is 15.8. The van der Waals surface area contributed by atoms with Crippen molar-refractivity contribution in [1.82, 2.24) is 14.8 Å². The summed E-state index contributed by atoms with van der Waals surface area (Å²) in [5.41, 5.74) is 0.736. The van der Waals surface area contributed by atoms with Crippen molar-refractivity contribution in [3.05, 3.63) is 47.2 Å². The van der Waals surface area contributed by atoms with E-state index < -0.39 is 17.9 Å². The highest BCUT2D eigenvalue weighted by molar-refractivity contribution is 7.13. The summed E-state index contributed by atoms with van der Waals surface area (Å²) in [5, 5.41) is 4.86. The number of carbonyl (C=O) groups is 3. The summed E-state index contributed by atoms with van der Waals surface area (Å²) in [7, 11) is 0. The SMILES string of the molecule is CCC(C(=O)Nc1nccs1)N1CCN(Cc2ccc(F)cc2)C(=O)C1=O. The molecule has 1 atom stereocenters. The average Bonchev–Trinajstić information content (AvgIpc) is 3.16. The number of anilines is 1. The fourth-order valence-corrected chi connectivity index (χ4v) is 3.50. The van der Waals surface area contributed by atoms with E-state index in [4.69, 9.17) is 0 Å².